The normalized spacial score (nSPS) is 23.7. The van der Waals surface area contributed by atoms with E-state index in [2.05, 4.69) is 198 Å². The number of rotatable bonds is 32. The van der Waals surface area contributed by atoms with Crippen molar-refractivity contribution in [1.29, 1.82) is 0 Å². The van der Waals surface area contributed by atoms with E-state index in [1.54, 1.807) is 0 Å². The standard InChI is InChI=1S/C24H39IN2O4Si.C20H31BrINO4Si.C19H27IN2O6S.C18H25IN2O4.C18H23IN2O3/c1-8-11-18(28)21-23(30-5)22(29)19(25)20-17(26-12-9-10-13-26)14-16(27(20)21)15-31-32(6,7)24(2,3)4;1-8-9-14(24)17-19(26-5)18(25)15(22)16-13(21)10-12(23(16)17)11-27-28(6,7)20(2,3)4;1-4-7-14(23)17-19(27-2)18(24)15(20)16-13(21-8-5-6-9-21)10-12(22(16)17)11-28-29(3,25)26;1-3-6-13(23)16-18(25-2)17(24)14(19)15-12(20-7-4-5-8-20)9-11(10-22)21(15)16;1-3-20-9-10-8-11(21-6-4-5-7-21)13-12(10)14(18(20)23)17(24-2)16(22)15(13)19/h16-17H,8-15H2,1-7H3;12-13H,8-11H2,1-7H3;12-13H,4-11H2,1-3H3;11-12,22H,3-10H2,1-2H3;10-12H,3-9H2,1-2H3/t16-,17+;12-,13-;12-,13+;11-,12+;10-,11+,12?/m00000/s1. The van der Waals surface area contributed by atoms with Gasteiger partial charge in [0.25, 0.3) is 16.0 Å². The molecule has 1 amide bonds. The van der Waals surface area contributed by atoms with E-state index in [0.717, 1.165) is 156 Å². The van der Waals surface area contributed by atoms with Gasteiger partial charge in [-0.05, 0) is 329 Å². The van der Waals surface area contributed by atoms with Crippen molar-refractivity contribution in [2.75, 3.05) is 134 Å². The van der Waals surface area contributed by atoms with Gasteiger partial charge >= 0.3 is 0 Å². The highest BCUT2D eigenvalue weighted by Gasteiger charge is 2.56. The molecule has 1 unspecified atom stereocenters. The molecule has 1 saturated carbocycles. The summed E-state index contributed by atoms with van der Waals surface area (Å²) in [6.45, 7) is 42.7. The monoisotopic (exact) mass is 2600 g/mol. The number of nitrogens with zero attached hydrogens (tertiary/aromatic N) is 9. The fourth-order valence-electron chi connectivity index (χ4n) is 21.4. The minimum Gasteiger partial charge on any atom is -0.492 e. The number of amides is 1. The fourth-order valence-corrected chi connectivity index (χ4v) is 29.6. The van der Waals surface area contributed by atoms with Crippen molar-refractivity contribution in [2.24, 2.45) is 11.8 Å². The van der Waals surface area contributed by atoms with Crippen molar-refractivity contribution in [3.8, 4) is 23.0 Å². The lowest BCUT2D eigenvalue weighted by Crippen LogP contribution is -2.47. The number of allylic oxidation sites excluding steroid dienone is 1. The lowest BCUT2D eigenvalue weighted by Gasteiger charge is -2.39. The molecular formula is C99H145BrI5N9O21SSi2. The number of piperidine rings is 1. The lowest BCUT2D eigenvalue weighted by molar-refractivity contribution is -0.131. The summed E-state index contributed by atoms with van der Waals surface area (Å²) in [7, 11) is -0.237. The molecule has 1 N–H and O–H groups in total. The number of hydrogen-bond donors (Lipinski definition) is 1. The lowest BCUT2D eigenvalue weighted by atomic mass is 9.77. The Morgan fingerprint density at radius 2 is 0.746 bits per heavy atom. The van der Waals surface area contributed by atoms with Crippen LogP contribution >= 0.6 is 129 Å². The quantitative estimate of drug-likeness (QED) is 0.0156. The zero-order chi connectivity index (χ0) is 102. The third-order valence-corrected chi connectivity index (χ3v) is 45.9. The van der Waals surface area contributed by atoms with Crippen molar-refractivity contribution in [1.82, 2.24) is 42.8 Å². The number of aliphatic hydroxyl groups excluding tert-OH is 1. The number of fused-ring (bicyclic) bond motifs is 4. The number of ether oxygens (including phenoxy) is 5. The first-order valence-corrected chi connectivity index (χ1v) is 63.1. The van der Waals surface area contributed by atoms with Crippen LogP contribution in [0.4, 0.5) is 0 Å². The highest BCUT2D eigenvalue weighted by molar-refractivity contribution is 14.1. The van der Waals surface area contributed by atoms with Gasteiger partial charge in [0.05, 0.1) is 156 Å². The molecule has 4 aromatic heterocycles. The molecule has 39 heteroatoms. The van der Waals surface area contributed by atoms with Crippen LogP contribution in [0.25, 0.3) is 0 Å². The Kier molecular flexibility index (Phi) is 40.3. The molecule has 768 valence electrons. The smallest absolute Gasteiger partial charge is 0.264 e. The fraction of sp³-hybridized carbons (Fsp3) is 0.697. The Morgan fingerprint density at radius 3 is 1.05 bits per heavy atom. The number of hydrogen-bond acceptors (Lipinski definition) is 25. The molecule has 30 nitrogen and oxygen atoms in total. The van der Waals surface area contributed by atoms with E-state index in [-0.39, 0.29) is 174 Å². The summed E-state index contributed by atoms with van der Waals surface area (Å²) < 4.78 is 79.7. The number of halogens is 6. The zero-order valence-corrected chi connectivity index (χ0v) is 99.6. The number of methoxy groups -OCH3 is 5. The van der Waals surface area contributed by atoms with Crippen molar-refractivity contribution in [2.45, 2.75) is 300 Å². The Morgan fingerprint density at radius 1 is 0.442 bits per heavy atom. The van der Waals surface area contributed by atoms with Gasteiger partial charge in [0.15, 0.2) is 68.5 Å². The van der Waals surface area contributed by atoms with Crippen molar-refractivity contribution < 1.29 is 79.0 Å². The van der Waals surface area contributed by atoms with E-state index < -0.39 is 26.8 Å². The number of alkyl halides is 1. The Hall–Kier alpha value is -3.71. The average molecular weight is 2600 g/mol. The zero-order valence-electron chi connectivity index (χ0n) is 84.4. The number of ketones is 5. The molecule has 0 spiro atoms. The molecule has 5 saturated heterocycles. The molecular weight excluding hydrogens is 2450 g/mol. The number of carbonyl (C=O) groups is 6. The summed E-state index contributed by atoms with van der Waals surface area (Å²) in [6, 6.07) is -0.0670. The highest BCUT2D eigenvalue weighted by Crippen LogP contribution is 2.56. The summed E-state index contributed by atoms with van der Waals surface area (Å²) in [5.74, 6) is 0.821. The van der Waals surface area contributed by atoms with Crippen LogP contribution in [0.2, 0.25) is 36.3 Å². The highest BCUT2D eigenvalue weighted by atomic mass is 127. The predicted molar refractivity (Wildman–Crippen MR) is 586 cm³/mol. The van der Waals surface area contributed by atoms with Gasteiger partial charge in [-0.3, -0.25) is 71.7 Å². The summed E-state index contributed by atoms with van der Waals surface area (Å²) in [6.07, 6.45) is 18.5. The van der Waals surface area contributed by atoms with E-state index >= 15 is 0 Å². The molecule has 4 aromatic rings. The largest absolute Gasteiger partial charge is 0.492 e. The van der Waals surface area contributed by atoms with Gasteiger partial charge in [0, 0.05) is 56.4 Å². The number of aromatic nitrogens is 4. The van der Waals surface area contributed by atoms with Crippen molar-refractivity contribution >= 4 is 190 Å². The molecule has 138 heavy (non-hydrogen) atoms. The minimum atomic E-state index is -3.63. The van der Waals surface area contributed by atoms with Crippen molar-refractivity contribution in [3.63, 3.8) is 0 Å². The Bertz CT molecular complexity index is 5650. The molecule has 0 bridgehead atoms. The number of likely N-dealkylation sites (tertiary alicyclic amines) is 5. The van der Waals surface area contributed by atoms with Crippen LogP contribution in [0.5, 0.6) is 23.0 Å². The van der Waals surface area contributed by atoms with Crippen LogP contribution in [0.3, 0.4) is 0 Å². The van der Waals surface area contributed by atoms with E-state index in [1.165, 1.54) is 66.8 Å². The first-order valence-electron chi connectivity index (χ1n) is 49.2. The van der Waals surface area contributed by atoms with Crippen LogP contribution in [-0.4, -0.2) is 247 Å². The van der Waals surface area contributed by atoms with Gasteiger partial charge < -0.3 is 60.8 Å². The Balaban J connectivity index is 0.000000166. The van der Waals surface area contributed by atoms with Gasteiger partial charge in [0.1, 0.15) is 22.8 Å². The topological polar surface area (TPSA) is 335 Å². The van der Waals surface area contributed by atoms with Crippen LogP contribution < -0.4 is 40.7 Å². The van der Waals surface area contributed by atoms with Gasteiger partial charge in [0.2, 0.25) is 27.5 Å². The van der Waals surface area contributed by atoms with Gasteiger partial charge in [-0.1, -0.05) is 85.2 Å². The number of Topliss-reactive ketones (excluding diaryl/α,β-unsaturated/α-hetero) is 5. The summed E-state index contributed by atoms with van der Waals surface area (Å²) >= 11 is 14.3. The third kappa shape index (κ3) is 23.7. The SMILES string of the molecule is CCCC(=O)c1c(OC)c(=O)c(I)c2n1[C@H](CO)C[C@H]2N1CCCC1.CCCC(=O)c1c(OC)c(=O)c(I)c2n1[C@H](COS(C)(=O)=O)C[C@H]2N1CCCC1.CCCC(=O)c1c(OC)c(=O)c(I)c2n1[C@H](CO[Si](C)(C)C(C)(C)C)C[C@@H]2Br.CCCC(=O)c1c(OC)c(=O)c(I)c2n1[C@H](CO[Si](C)(C)C(C)(C)C)C[C@H]2N1CCCC1.CCN1C[C@@H]2C[C@@H](N3CCCC3)C3=C(I)C(=O)C(OC)=C(C1=O)C32. The molecule has 11 atom stereocenters. The third-order valence-electron chi connectivity index (χ3n) is 30.2. The van der Waals surface area contributed by atoms with Crippen LogP contribution in [0.15, 0.2) is 39.7 Å². The first kappa shape index (κ1) is 115. The summed E-state index contributed by atoms with van der Waals surface area (Å²) in [5.41, 5.74) is 5.90. The molecule has 11 aliphatic rings. The molecule has 2 aliphatic carbocycles. The van der Waals surface area contributed by atoms with E-state index in [0.29, 0.717) is 107 Å². The average Bonchev–Trinajstić information content (AvgIpc) is 1.54. The first-order chi connectivity index (χ1) is 65.1. The van der Waals surface area contributed by atoms with Crippen molar-refractivity contribution in [3.05, 3.63) is 121 Å². The maximum Gasteiger partial charge on any atom is 0.264 e. The summed E-state index contributed by atoms with van der Waals surface area (Å²) in [5, 5.41) is 10.2. The molecule has 0 radical (unpaired) electrons. The van der Waals surface area contributed by atoms with E-state index in [4.69, 9.17) is 36.7 Å². The number of aliphatic hydroxyl groups is 1. The molecule has 13 heterocycles. The molecule has 9 aliphatic heterocycles. The summed E-state index contributed by atoms with van der Waals surface area (Å²) in [4.78, 5) is 141. The minimum absolute atomic E-state index is 0.00702. The van der Waals surface area contributed by atoms with Gasteiger partial charge in [-0.2, -0.15) is 8.42 Å². The second kappa shape index (κ2) is 48.5. The van der Waals surface area contributed by atoms with E-state index in [1.807, 2.05) is 75.8 Å². The Labute approximate surface area is 893 Å². The van der Waals surface area contributed by atoms with Gasteiger partial charge in [-0.25, -0.2) is 0 Å². The second-order valence-corrected chi connectivity index (χ2v) is 58.8. The molecule has 0 aromatic carbocycles. The van der Waals surface area contributed by atoms with E-state index in [9.17, 15) is 61.5 Å². The number of carbonyl (C=O) groups excluding carboxylic acids is 6. The second-order valence-electron chi connectivity index (χ2n) is 41.1. The number of pyridine rings is 4. The maximum atomic E-state index is 13.3. The predicted octanol–water partition coefficient (Wildman–Crippen LogP) is 18.5. The van der Waals surface area contributed by atoms with Crippen LogP contribution in [0, 0.1) is 26.1 Å². The van der Waals surface area contributed by atoms with Crippen LogP contribution in [0.1, 0.15) is 323 Å². The molecule has 15 rings (SSSR count). The maximum absolute atomic E-state index is 13.3. The van der Waals surface area contributed by atoms with Crippen LogP contribution in [-0.2, 0) is 37.5 Å². The van der Waals surface area contributed by atoms with Gasteiger partial charge in [-0.15, -0.1) is 0 Å². The number of likely N-dealkylation sites (N-methyl/N-ethyl adjacent to an activating group) is 1. The molecule has 6 fully saturated rings.